The van der Waals surface area contributed by atoms with Crippen molar-refractivity contribution in [2.75, 3.05) is 19.0 Å². The summed E-state index contributed by atoms with van der Waals surface area (Å²) in [6, 6.07) is 18.4. The van der Waals surface area contributed by atoms with Gasteiger partial charge < -0.3 is 19.7 Å². The molecule has 0 aliphatic carbocycles. The molecule has 0 fully saturated rings. The molecule has 5 nitrogen and oxygen atoms in total. The van der Waals surface area contributed by atoms with Crippen LogP contribution in [0.2, 0.25) is 0 Å². The van der Waals surface area contributed by atoms with Crippen LogP contribution in [0.4, 0.5) is 5.69 Å². The first-order valence-corrected chi connectivity index (χ1v) is 8.79. The van der Waals surface area contributed by atoms with Gasteiger partial charge in [0, 0.05) is 44.0 Å². The Morgan fingerprint density at radius 2 is 1.92 bits per heavy atom. The first kappa shape index (κ1) is 18.0. The predicted octanol–water partition coefficient (Wildman–Crippen LogP) is 3.79. The van der Waals surface area contributed by atoms with E-state index in [0.717, 1.165) is 30.8 Å². The molecule has 2 aromatic carbocycles. The third-order valence-corrected chi connectivity index (χ3v) is 4.52. The van der Waals surface area contributed by atoms with E-state index in [1.807, 2.05) is 24.3 Å². The standard InChI is InChI=1S/C21H24N2O3/c1-26-20(21(24)25)15-16-7-9-18(10-8-16)22-12-4-13-23-14-11-17-5-2-3-6-19(17)23/h2-3,5-11,14,20,22H,4,12-13,15H2,1H3,(H,24,25)/t20-/m0/s1. The highest BCUT2D eigenvalue weighted by Gasteiger charge is 2.16. The lowest BCUT2D eigenvalue weighted by Gasteiger charge is -2.12. The van der Waals surface area contributed by atoms with Crippen molar-refractivity contribution in [2.24, 2.45) is 0 Å². The number of nitrogens with one attached hydrogen (secondary N) is 1. The van der Waals surface area contributed by atoms with E-state index < -0.39 is 12.1 Å². The van der Waals surface area contributed by atoms with Crippen LogP contribution in [0.1, 0.15) is 12.0 Å². The molecular formula is C21H24N2O3. The summed E-state index contributed by atoms with van der Waals surface area (Å²) in [5, 5.41) is 13.7. The van der Waals surface area contributed by atoms with E-state index in [2.05, 4.69) is 46.4 Å². The van der Waals surface area contributed by atoms with Crippen LogP contribution in [0.25, 0.3) is 10.9 Å². The number of benzene rings is 2. The number of fused-ring (bicyclic) bond motifs is 1. The normalized spacial score (nSPS) is 12.2. The summed E-state index contributed by atoms with van der Waals surface area (Å²) in [5.41, 5.74) is 3.25. The van der Waals surface area contributed by atoms with Gasteiger partial charge in [0.05, 0.1) is 0 Å². The molecule has 0 unspecified atom stereocenters. The zero-order chi connectivity index (χ0) is 18.4. The fraction of sp³-hybridized carbons (Fsp3) is 0.286. The molecule has 136 valence electrons. The molecule has 3 rings (SSSR count). The van der Waals surface area contributed by atoms with Crippen LogP contribution < -0.4 is 5.32 Å². The quantitative estimate of drug-likeness (QED) is 0.575. The van der Waals surface area contributed by atoms with E-state index >= 15 is 0 Å². The maximum atomic E-state index is 11.0. The Labute approximate surface area is 153 Å². The van der Waals surface area contributed by atoms with E-state index in [9.17, 15) is 4.79 Å². The van der Waals surface area contributed by atoms with Gasteiger partial charge >= 0.3 is 5.97 Å². The average molecular weight is 352 g/mol. The minimum atomic E-state index is -0.938. The number of ether oxygens (including phenoxy) is 1. The Balaban J connectivity index is 1.47. The number of aliphatic carboxylic acids is 1. The smallest absolute Gasteiger partial charge is 0.333 e. The lowest BCUT2D eigenvalue weighted by Crippen LogP contribution is -2.24. The van der Waals surface area contributed by atoms with Crippen LogP contribution in [-0.2, 0) is 22.5 Å². The predicted molar refractivity (Wildman–Crippen MR) is 104 cm³/mol. The second-order valence-electron chi connectivity index (χ2n) is 6.31. The molecule has 0 aliphatic heterocycles. The first-order valence-electron chi connectivity index (χ1n) is 8.79. The van der Waals surface area contributed by atoms with E-state index in [1.165, 1.54) is 18.0 Å². The van der Waals surface area contributed by atoms with Crippen LogP contribution in [0.5, 0.6) is 0 Å². The summed E-state index contributed by atoms with van der Waals surface area (Å²) in [5.74, 6) is -0.938. The molecule has 0 saturated heterocycles. The molecule has 1 heterocycles. The van der Waals surface area contributed by atoms with Crippen molar-refractivity contribution in [3.63, 3.8) is 0 Å². The van der Waals surface area contributed by atoms with Gasteiger partial charge in [0.1, 0.15) is 0 Å². The molecule has 3 aromatic rings. The summed E-state index contributed by atoms with van der Waals surface area (Å²) in [7, 11) is 1.42. The van der Waals surface area contributed by atoms with E-state index in [0.29, 0.717) is 6.42 Å². The Kier molecular flexibility index (Phi) is 5.92. The number of hydrogen-bond donors (Lipinski definition) is 2. The summed E-state index contributed by atoms with van der Waals surface area (Å²) in [6.07, 6.45) is 2.72. The van der Waals surface area contributed by atoms with Gasteiger partial charge in [-0.05, 0) is 41.6 Å². The van der Waals surface area contributed by atoms with Gasteiger partial charge in [0.2, 0.25) is 0 Å². The largest absolute Gasteiger partial charge is 0.479 e. The molecule has 1 atom stereocenters. The average Bonchev–Trinajstić information content (AvgIpc) is 3.07. The molecule has 1 aromatic heterocycles. The van der Waals surface area contributed by atoms with Gasteiger partial charge in [-0.3, -0.25) is 0 Å². The zero-order valence-electron chi connectivity index (χ0n) is 14.9. The number of para-hydroxylation sites is 1. The maximum absolute atomic E-state index is 11.0. The van der Waals surface area contributed by atoms with Crippen LogP contribution in [0.15, 0.2) is 60.8 Å². The third kappa shape index (κ3) is 4.43. The molecule has 0 amide bonds. The van der Waals surface area contributed by atoms with Crippen LogP contribution in [0.3, 0.4) is 0 Å². The summed E-state index contributed by atoms with van der Waals surface area (Å²) < 4.78 is 7.25. The molecule has 0 radical (unpaired) electrons. The van der Waals surface area contributed by atoms with Crippen molar-refractivity contribution in [2.45, 2.75) is 25.5 Å². The molecule has 0 aliphatic rings. The van der Waals surface area contributed by atoms with Crippen molar-refractivity contribution in [3.8, 4) is 0 Å². The Morgan fingerprint density at radius 1 is 1.15 bits per heavy atom. The number of nitrogens with zero attached hydrogens (tertiary/aromatic N) is 1. The number of rotatable bonds is 9. The minimum absolute atomic E-state index is 0.368. The summed E-state index contributed by atoms with van der Waals surface area (Å²) >= 11 is 0. The number of carboxylic acids is 1. The van der Waals surface area contributed by atoms with Crippen LogP contribution in [0, 0.1) is 0 Å². The zero-order valence-corrected chi connectivity index (χ0v) is 14.9. The van der Waals surface area contributed by atoms with Crippen molar-refractivity contribution < 1.29 is 14.6 Å². The number of carboxylic acid groups (broad SMARTS) is 1. The summed E-state index contributed by atoms with van der Waals surface area (Å²) in [6.45, 7) is 1.84. The van der Waals surface area contributed by atoms with Crippen molar-refractivity contribution in [1.82, 2.24) is 4.57 Å². The lowest BCUT2D eigenvalue weighted by atomic mass is 10.1. The monoisotopic (exact) mass is 352 g/mol. The minimum Gasteiger partial charge on any atom is -0.479 e. The van der Waals surface area contributed by atoms with Crippen molar-refractivity contribution in [1.29, 1.82) is 0 Å². The fourth-order valence-corrected chi connectivity index (χ4v) is 3.06. The maximum Gasteiger partial charge on any atom is 0.333 e. The number of anilines is 1. The highest BCUT2D eigenvalue weighted by Crippen LogP contribution is 2.16. The number of methoxy groups -OCH3 is 1. The summed E-state index contributed by atoms with van der Waals surface area (Å²) in [4.78, 5) is 11.0. The van der Waals surface area contributed by atoms with Gasteiger partial charge in [-0.15, -0.1) is 0 Å². The second kappa shape index (κ2) is 8.54. The van der Waals surface area contributed by atoms with Crippen LogP contribution >= 0.6 is 0 Å². The van der Waals surface area contributed by atoms with Crippen LogP contribution in [-0.4, -0.2) is 35.4 Å². The molecule has 0 bridgehead atoms. The molecule has 0 saturated carbocycles. The van der Waals surface area contributed by atoms with Gasteiger partial charge in [-0.1, -0.05) is 30.3 Å². The van der Waals surface area contributed by atoms with E-state index in [-0.39, 0.29) is 0 Å². The van der Waals surface area contributed by atoms with Gasteiger partial charge in [-0.25, -0.2) is 4.79 Å². The Morgan fingerprint density at radius 3 is 2.65 bits per heavy atom. The Bertz CT molecular complexity index is 855. The van der Waals surface area contributed by atoms with E-state index in [4.69, 9.17) is 9.84 Å². The van der Waals surface area contributed by atoms with Crippen molar-refractivity contribution >= 4 is 22.6 Å². The number of hydrogen-bond acceptors (Lipinski definition) is 3. The molecule has 2 N–H and O–H groups in total. The highest BCUT2D eigenvalue weighted by atomic mass is 16.5. The molecular weight excluding hydrogens is 328 g/mol. The lowest BCUT2D eigenvalue weighted by molar-refractivity contribution is -0.148. The van der Waals surface area contributed by atoms with Gasteiger partial charge in [0.15, 0.2) is 6.10 Å². The van der Waals surface area contributed by atoms with Crippen molar-refractivity contribution in [3.05, 3.63) is 66.4 Å². The SMILES string of the molecule is CO[C@@H](Cc1ccc(NCCCn2ccc3ccccc32)cc1)C(=O)O. The fourth-order valence-electron chi connectivity index (χ4n) is 3.06. The molecule has 0 spiro atoms. The Hall–Kier alpha value is -2.79. The number of carbonyl (C=O) groups is 1. The second-order valence-corrected chi connectivity index (χ2v) is 6.31. The first-order chi connectivity index (χ1) is 12.7. The number of aromatic nitrogens is 1. The van der Waals surface area contributed by atoms with Gasteiger partial charge in [0.25, 0.3) is 0 Å². The van der Waals surface area contributed by atoms with Gasteiger partial charge in [-0.2, -0.15) is 0 Å². The third-order valence-electron chi connectivity index (χ3n) is 4.52. The number of aryl methyl sites for hydroxylation is 1. The molecule has 5 heteroatoms. The molecule has 26 heavy (non-hydrogen) atoms. The highest BCUT2D eigenvalue weighted by molar-refractivity contribution is 5.79. The topological polar surface area (TPSA) is 63.5 Å². The van der Waals surface area contributed by atoms with E-state index in [1.54, 1.807) is 0 Å².